The number of benzene rings is 2. The van der Waals surface area contributed by atoms with Crippen LogP contribution in [-0.2, 0) is 11.2 Å². The number of piperazine rings is 1. The number of likely N-dealkylation sites (N-methyl/N-ethyl adjacent to an activating group) is 1. The highest BCUT2D eigenvalue weighted by Crippen LogP contribution is 2.29. The fourth-order valence-electron chi connectivity index (χ4n) is 3.69. The van der Waals surface area contributed by atoms with Crippen LogP contribution in [0.4, 0.5) is 11.4 Å². The van der Waals surface area contributed by atoms with Crippen LogP contribution >= 0.6 is 0 Å². The van der Waals surface area contributed by atoms with Gasteiger partial charge in [0.05, 0.1) is 0 Å². The number of hydrogen-bond acceptors (Lipinski definition) is 4. The summed E-state index contributed by atoms with van der Waals surface area (Å²) in [5.41, 5.74) is 4.35. The molecule has 2 aromatic rings. The maximum absolute atomic E-state index is 12.6. The number of ether oxygens (including phenoxy) is 1. The fourth-order valence-corrected chi connectivity index (χ4v) is 3.69. The summed E-state index contributed by atoms with van der Waals surface area (Å²) >= 11 is 0. The number of hydrogen-bond donors (Lipinski definition) is 1. The Bertz CT molecular complexity index is 788. The van der Waals surface area contributed by atoms with Gasteiger partial charge in [-0.2, -0.15) is 0 Å². The Labute approximate surface area is 154 Å². The van der Waals surface area contributed by atoms with Crippen molar-refractivity contribution in [1.82, 2.24) is 4.90 Å². The standard InChI is InChI=1S/C21H25N3O2/c1-15-13-17(7-8-18(15)24-11-9-23(2)10-12-24)22-21(25)20-14-16-5-3-4-6-19(16)26-20/h3-8,13,20H,9-12,14H2,1-2H3,(H,22,25). The molecule has 1 unspecified atom stereocenters. The lowest BCUT2D eigenvalue weighted by Gasteiger charge is -2.35. The SMILES string of the molecule is Cc1cc(NC(=O)C2Cc3ccccc3O2)ccc1N1CCN(C)CC1. The Kier molecular flexibility index (Phi) is 4.55. The van der Waals surface area contributed by atoms with Crippen molar-refractivity contribution < 1.29 is 9.53 Å². The van der Waals surface area contributed by atoms with Crippen LogP contribution in [0.3, 0.4) is 0 Å². The summed E-state index contributed by atoms with van der Waals surface area (Å²) in [6, 6.07) is 14.0. The first-order valence-electron chi connectivity index (χ1n) is 9.20. The first-order chi connectivity index (χ1) is 12.6. The van der Waals surface area contributed by atoms with Crippen molar-refractivity contribution in [2.45, 2.75) is 19.4 Å². The number of fused-ring (bicyclic) bond motifs is 1. The maximum atomic E-state index is 12.6. The van der Waals surface area contributed by atoms with Crippen molar-refractivity contribution in [3.63, 3.8) is 0 Å². The number of rotatable bonds is 3. The van der Waals surface area contributed by atoms with Gasteiger partial charge in [0.1, 0.15) is 5.75 Å². The normalized spacial score (nSPS) is 19.8. The van der Waals surface area contributed by atoms with Gasteiger partial charge in [0.25, 0.3) is 5.91 Å². The van der Waals surface area contributed by atoms with E-state index in [-0.39, 0.29) is 5.91 Å². The van der Waals surface area contributed by atoms with Crippen molar-refractivity contribution in [2.75, 3.05) is 43.4 Å². The highest BCUT2D eigenvalue weighted by molar-refractivity contribution is 5.95. The van der Waals surface area contributed by atoms with E-state index in [0.717, 1.165) is 43.2 Å². The van der Waals surface area contributed by atoms with Gasteiger partial charge in [-0.3, -0.25) is 4.79 Å². The first kappa shape index (κ1) is 16.9. The van der Waals surface area contributed by atoms with E-state index in [1.165, 1.54) is 11.3 Å². The number of amides is 1. The molecular formula is C21H25N3O2. The number of anilines is 2. The topological polar surface area (TPSA) is 44.8 Å². The third-order valence-corrected chi connectivity index (χ3v) is 5.25. The minimum atomic E-state index is -0.454. The summed E-state index contributed by atoms with van der Waals surface area (Å²) in [6.07, 6.45) is 0.172. The maximum Gasteiger partial charge on any atom is 0.265 e. The van der Waals surface area contributed by atoms with E-state index in [1.54, 1.807) is 0 Å². The van der Waals surface area contributed by atoms with E-state index in [9.17, 15) is 4.79 Å². The summed E-state index contributed by atoms with van der Waals surface area (Å²) in [5, 5.41) is 3.01. The van der Waals surface area contributed by atoms with Crippen LogP contribution in [0.25, 0.3) is 0 Å². The number of nitrogens with one attached hydrogen (secondary N) is 1. The van der Waals surface area contributed by atoms with Crippen molar-refractivity contribution in [1.29, 1.82) is 0 Å². The summed E-state index contributed by atoms with van der Waals surface area (Å²) in [4.78, 5) is 17.3. The Morgan fingerprint density at radius 3 is 2.62 bits per heavy atom. The molecule has 2 aliphatic heterocycles. The van der Waals surface area contributed by atoms with Crippen LogP contribution < -0.4 is 15.0 Å². The highest BCUT2D eigenvalue weighted by Gasteiger charge is 2.28. The molecule has 26 heavy (non-hydrogen) atoms. The number of carbonyl (C=O) groups is 1. The van der Waals surface area contributed by atoms with Gasteiger partial charge in [-0.15, -0.1) is 0 Å². The molecule has 1 fully saturated rings. The lowest BCUT2D eigenvalue weighted by atomic mass is 10.1. The van der Waals surface area contributed by atoms with Crippen molar-refractivity contribution in [3.8, 4) is 5.75 Å². The van der Waals surface area contributed by atoms with E-state index in [4.69, 9.17) is 4.74 Å². The molecule has 2 aromatic carbocycles. The van der Waals surface area contributed by atoms with E-state index in [0.29, 0.717) is 6.42 Å². The first-order valence-corrected chi connectivity index (χ1v) is 9.20. The number of carbonyl (C=O) groups excluding carboxylic acids is 1. The summed E-state index contributed by atoms with van der Waals surface area (Å²) in [7, 11) is 2.16. The lowest BCUT2D eigenvalue weighted by molar-refractivity contribution is -0.122. The predicted octanol–water partition coefficient (Wildman–Crippen LogP) is 2.69. The molecule has 0 radical (unpaired) electrons. The summed E-state index contributed by atoms with van der Waals surface area (Å²) in [5.74, 6) is 0.724. The highest BCUT2D eigenvalue weighted by atomic mass is 16.5. The zero-order valence-corrected chi connectivity index (χ0v) is 15.4. The van der Waals surface area contributed by atoms with E-state index in [2.05, 4.69) is 35.2 Å². The average Bonchev–Trinajstić information content (AvgIpc) is 3.07. The molecule has 2 aliphatic rings. The van der Waals surface area contributed by atoms with Crippen molar-refractivity contribution >= 4 is 17.3 Å². The summed E-state index contributed by atoms with van der Waals surface area (Å²) < 4.78 is 5.78. The van der Waals surface area contributed by atoms with Gasteiger partial charge in [-0.25, -0.2) is 0 Å². The van der Waals surface area contributed by atoms with Gasteiger partial charge in [0.2, 0.25) is 0 Å². The largest absolute Gasteiger partial charge is 0.480 e. The molecule has 5 nitrogen and oxygen atoms in total. The molecular weight excluding hydrogens is 326 g/mol. The fraction of sp³-hybridized carbons (Fsp3) is 0.381. The molecule has 0 bridgehead atoms. The van der Waals surface area contributed by atoms with Crippen LogP contribution in [-0.4, -0.2) is 50.1 Å². The Balaban J connectivity index is 1.41. The van der Waals surface area contributed by atoms with Gasteiger partial charge < -0.3 is 19.9 Å². The molecule has 0 spiro atoms. The second kappa shape index (κ2) is 7.00. The van der Waals surface area contributed by atoms with Gasteiger partial charge >= 0.3 is 0 Å². The van der Waals surface area contributed by atoms with Crippen LogP contribution in [0.15, 0.2) is 42.5 Å². The molecule has 1 N–H and O–H groups in total. The molecule has 0 aromatic heterocycles. The molecule has 2 heterocycles. The third kappa shape index (κ3) is 3.40. The zero-order chi connectivity index (χ0) is 18.1. The van der Waals surface area contributed by atoms with E-state index >= 15 is 0 Å². The van der Waals surface area contributed by atoms with Crippen LogP contribution in [0.5, 0.6) is 5.75 Å². The van der Waals surface area contributed by atoms with Gasteiger partial charge in [-0.1, -0.05) is 18.2 Å². The van der Waals surface area contributed by atoms with Crippen LogP contribution in [0.1, 0.15) is 11.1 Å². The minimum absolute atomic E-state index is 0.0899. The Morgan fingerprint density at radius 1 is 1.12 bits per heavy atom. The number of nitrogens with zero attached hydrogens (tertiary/aromatic N) is 2. The number of para-hydroxylation sites is 1. The predicted molar refractivity (Wildman–Crippen MR) is 104 cm³/mol. The molecule has 0 saturated carbocycles. The number of aryl methyl sites for hydroxylation is 1. The van der Waals surface area contributed by atoms with E-state index < -0.39 is 6.10 Å². The average molecular weight is 351 g/mol. The van der Waals surface area contributed by atoms with Crippen LogP contribution in [0, 0.1) is 6.92 Å². The molecule has 136 valence electrons. The van der Waals surface area contributed by atoms with Crippen molar-refractivity contribution in [2.24, 2.45) is 0 Å². The minimum Gasteiger partial charge on any atom is -0.480 e. The molecule has 1 atom stereocenters. The molecule has 4 rings (SSSR count). The summed E-state index contributed by atoms with van der Waals surface area (Å²) in [6.45, 7) is 6.34. The van der Waals surface area contributed by atoms with Gasteiger partial charge in [0, 0.05) is 44.0 Å². The molecule has 1 saturated heterocycles. The quantitative estimate of drug-likeness (QED) is 0.923. The second-order valence-corrected chi connectivity index (χ2v) is 7.20. The Morgan fingerprint density at radius 2 is 1.88 bits per heavy atom. The monoisotopic (exact) mass is 351 g/mol. The van der Waals surface area contributed by atoms with Crippen LogP contribution in [0.2, 0.25) is 0 Å². The Hall–Kier alpha value is -2.53. The van der Waals surface area contributed by atoms with Gasteiger partial charge in [0.15, 0.2) is 6.10 Å². The molecule has 5 heteroatoms. The van der Waals surface area contributed by atoms with Gasteiger partial charge in [-0.05, 0) is 49.4 Å². The zero-order valence-electron chi connectivity index (χ0n) is 15.4. The molecule has 0 aliphatic carbocycles. The second-order valence-electron chi connectivity index (χ2n) is 7.20. The van der Waals surface area contributed by atoms with Crippen molar-refractivity contribution in [3.05, 3.63) is 53.6 Å². The van der Waals surface area contributed by atoms with E-state index in [1.807, 2.05) is 36.4 Å². The smallest absolute Gasteiger partial charge is 0.265 e. The molecule has 1 amide bonds. The lowest BCUT2D eigenvalue weighted by Crippen LogP contribution is -2.44. The third-order valence-electron chi connectivity index (χ3n) is 5.25.